The van der Waals surface area contributed by atoms with Gasteiger partial charge in [-0.2, -0.15) is 0 Å². The average Bonchev–Trinajstić information content (AvgIpc) is 0.861. The first-order chi connectivity index (χ1) is 51.1. The molecule has 0 aliphatic heterocycles. The number of carbonyl (C=O) groups is 15. The number of unbranched alkanes of at least 4 members (excludes halogenated alkanes) is 2. The number of aryl methyl sites for hydroxylation is 2. The number of aliphatic carboxylic acids is 1. The van der Waals surface area contributed by atoms with Gasteiger partial charge in [0.1, 0.15) is 28.9 Å². The molecule has 4 aromatic rings. The standard InChI is InChI=1S/C78H108N12O16/c1-56(91)90-67(31-5-9-45-84-72(99)34-11-18-58-36-47-82-69(54-58)66-30-4-8-43-80-66)70(97)32-16-27-63(95)25-14-23-61(93)21-12-20-60(92)22-13-24-62(94)26-15-28-64(96)55-59(19-2-6-44-83-71(98)33-10-17-57-35-46-81-68(53-57)65-29-3-7-42-79-65)78(106)89-51-40-76(103)87-49-38-74(101)85-48-37-73(100)86-50-39-75(102)88-52-41-77(104)105/h3-4,7-8,29-30,35-36,42-43,46-47,53-54,59,67H,2,5-6,9-28,31-34,37-41,44-45,48-52,55H2,1H3,(H,83,98)(H,84,99)(H,85,101)(H,86,100)(H,87,103)(H,88,102)(H,89,106)(H,90,91)(H,104,105). The van der Waals surface area contributed by atoms with E-state index in [-0.39, 0.29) is 194 Å². The molecular formula is C78H108N12O16. The summed E-state index contributed by atoms with van der Waals surface area (Å²) in [4.78, 5) is 205. The third-order valence-electron chi connectivity index (χ3n) is 17.3. The third-order valence-corrected chi connectivity index (χ3v) is 17.3. The van der Waals surface area contributed by atoms with Crippen molar-refractivity contribution >= 4 is 87.9 Å². The van der Waals surface area contributed by atoms with Gasteiger partial charge < -0.3 is 47.6 Å². The van der Waals surface area contributed by atoms with Crippen LogP contribution in [0.4, 0.5) is 0 Å². The fourth-order valence-corrected chi connectivity index (χ4v) is 11.5. The molecule has 0 fully saturated rings. The van der Waals surface area contributed by atoms with Gasteiger partial charge in [-0.25, -0.2) is 0 Å². The number of nitrogens with zero attached hydrogens (tertiary/aromatic N) is 4. The summed E-state index contributed by atoms with van der Waals surface area (Å²) in [7, 11) is 0. The van der Waals surface area contributed by atoms with E-state index in [9.17, 15) is 71.9 Å². The normalized spacial score (nSPS) is 11.4. The van der Waals surface area contributed by atoms with Gasteiger partial charge in [0.15, 0.2) is 5.78 Å². The van der Waals surface area contributed by atoms with Crippen LogP contribution in [0, 0.1) is 5.92 Å². The molecule has 0 spiro atoms. The van der Waals surface area contributed by atoms with E-state index in [1.807, 2.05) is 60.7 Å². The number of carbonyl (C=O) groups excluding carboxylic acids is 14. The molecule has 2 unspecified atom stereocenters. The number of rotatable bonds is 60. The van der Waals surface area contributed by atoms with Gasteiger partial charge in [-0.3, -0.25) is 91.9 Å². The first-order valence-electron chi connectivity index (χ1n) is 37.3. The van der Waals surface area contributed by atoms with Crippen LogP contribution in [-0.4, -0.2) is 165 Å². The molecule has 28 nitrogen and oxygen atoms in total. The van der Waals surface area contributed by atoms with E-state index in [0.29, 0.717) is 116 Å². The van der Waals surface area contributed by atoms with E-state index in [2.05, 4.69) is 62.5 Å². The summed E-state index contributed by atoms with van der Waals surface area (Å²) in [5.41, 5.74) is 5.16. The lowest BCUT2D eigenvalue weighted by Gasteiger charge is -2.17. The molecule has 0 saturated carbocycles. The Balaban J connectivity index is 1.06. The maximum atomic E-state index is 13.5. The van der Waals surface area contributed by atoms with Crippen LogP contribution in [0.3, 0.4) is 0 Å². The van der Waals surface area contributed by atoms with Crippen molar-refractivity contribution in [3.05, 3.63) is 96.6 Å². The maximum absolute atomic E-state index is 13.5. The zero-order chi connectivity index (χ0) is 76.9. The van der Waals surface area contributed by atoms with Crippen molar-refractivity contribution in [3.63, 3.8) is 0 Å². The molecule has 8 amide bonds. The summed E-state index contributed by atoms with van der Waals surface area (Å²) in [5, 5.41) is 30.1. The molecule has 0 aromatic carbocycles. The molecule has 576 valence electrons. The maximum Gasteiger partial charge on any atom is 0.305 e. The van der Waals surface area contributed by atoms with Gasteiger partial charge in [-0.15, -0.1) is 0 Å². The SMILES string of the molecule is CC(=O)NC(CCCCNC(=O)CCCc1ccnc(-c2ccccn2)c1)C(=O)CCCC(=O)CCCC(=O)CCCC(=O)CCCC(=O)CCCC(=O)CC(CCCCNC(=O)CCCc1ccnc(-c2ccccn2)c1)C(=O)NCCC(=O)NCCC(=O)NCCC(=O)NCCC(=O)NCCC(=O)O. The van der Waals surface area contributed by atoms with Crippen LogP contribution < -0.4 is 42.5 Å². The Labute approximate surface area is 620 Å². The van der Waals surface area contributed by atoms with Crippen molar-refractivity contribution in [1.82, 2.24) is 62.5 Å². The van der Waals surface area contributed by atoms with Gasteiger partial charge in [-0.05, 0) is 150 Å². The van der Waals surface area contributed by atoms with E-state index in [1.165, 1.54) is 6.92 Å². The zero-order valence-corrected chi connectivity index (χ0v) is 61.4. The first-order valence-corrected chi connectivity index (χ1v) is 37.3. The highest BCUT2D eigenvalue weighted by Gasteiger charge is 2.24. The summed E-state index contributed by atoms with van der Waals surface area (Å²) < 4.78 is 0. The highest BCUT2D eigenvalue weighted by atomic mass is 16.4. The van der Waals surface area contributed by atoms with Crippen molar-refractivity contribution in [1.29, 1.82) is 0 Å². The number of carboxylic acids is 1. The molecule has 4 rings (SSSR count). The highest BCUT2D eigenvalue weighted by Crippen LogP contribution is 2.20. The number of amides is 8. The number of carboxylic acid groups (broad SMARTS) is 1. The predicted molar refractivity (Wildman–Crippen MR) is 395 cm³/mol. The molecule has 4 heterocycles. The van der Waals surface area contributed by atoms with Gasteiger partial charge in [-0.1, -0.05) is 18.6 Å². The minimum atomic E-state index is -1.05. The fourth-order valence-electron chi connectivity index (χ4n) is 11.5. The van der Waals surface area contributed by atoms with Gasteiger partial charge in [0.2, 0.25) is 47.3 Å². The summed E-state index contributed by atoms with van der Waals surface area (Å²) >= 11 is 0. The lowest BCUT2D eigenvalue weighted by atomic mass is 9.93. The van der Waals surface area contributed by atoms with E-state index in [4.69, 9.17) is 5.11 Å². The van der Waals surface area contributed by atoms with Crippen LogP contribution in [-0.2, 0) is 84.8 Å². The van der Waals surface area contributed by atoms with Gasteiger partial charge in [0.25, 0.3) is 0 Å². The van der Waals surface area contributed by atoms with Gasteiger partial charge in [0.05, 0.1) is 35.2 Å². The van der Waals surface area contributed by atoms with E-state index in [1.54, 1.807) is 24.8 Å². The third kappa shape index (κ3) is 42.6. The quantitative estimate of drug-likeness (QED) is 0.0203. The number of pyridine rings is 4. The lowest BCUT2D eigenvalue weighted by molar-refractivity contribution is -0.137. The molecule has 28 heteroatoms. The van der Waals surface area contributed by atoms with Gasteiger partial charge >= 0.3 is 5.97 Å². The Hall–Kier alpha value is -10.1. The van der Waals surface area contributed by atoms with E-state index in [0.717, 1.165) is 33.9 Å². The second-order valence-electron chi connectivity index (χ2n) is 26.3. The van der Waals surface area contributed by atoms with Crippen LogP contribution in [0.5, 0.6) is 0 Å². The minimum Gasteiger partial charge on any atom is -0.481 e. The van der Waals surface area contributed by atoms with Crippen LogP contribution >= 0.6 is 0 Å². The van der Waals surface area contributed by atoms with Crippen molar-refractivity contribution in [2.75, 3.05) is 45.8 Å². The Morgan fingerprint density at radius 1 is 0.340 bits per heavy atom. The molecule has 0 aliphatic rings. The topological polar surface area (TPSA) is 424 Å². The summed E-state index contributed by atoms with van der Waals surface area (Å²) in [6.07, 6.45) is 15.5. The summed E-state index contributed by atoms with van der Waals surface area (Å²) in [6, 6.07) is 18.3. The molecule has 2 atom stereocenters. The Bertz CT molecular complexity index is 3480. The molecule has 0 aliphatic carbocycles. The Kier molecular flexibility index (Phi) is 44.6. The number of hydrogen-bond acceptors (Lipinski definition) is 19. The number of hydrogen-bond donors (Lipinski definition) is 9. The first kappa shape index (κ1) is 88.2. The van der Waals surface area contributed by atoms with Crippen molar-refractivity contribution < 1.29 is 77.0 Å². The summed E-state index contributed by atoms with van der Waals surface area (Å²) in [5.74, 6) is -5.19. The van der Waals surface area contributed by atoms with E-state index >= 15 is 0 Å². The van der Waals surface area contributed by atoms with Gasteiger partial charge in [0, 0.05) is 193 Å². The molecule has 0 bridgehead atoms. The molecular weight excluding hydrogens is 1360 g/mol. The van der Waals surface area contributed by atoms with E-state index < -0.39 is 47.5 Å². The average molecular weight is 1470 g/mol. The highest BCUT2D eigenvalue weighted by molar-refractivity contribution is 5.90. The smallest absolute Gasteiger partial charge is 0.305 e. The predicted octanol–water partition coefficient (Wildman–Crippen LogP) is 6.91. The Morgan fingerprint density at radius 3 is 1.09 bits per heavy atom. The second-order valence-corrected chi connectivity index (χ2v) is 26.3. The zero-order valence-electron chi connectivity index (χ0n) is 61.4. The second kappa shape index (κ2) is 53.6. The molecule has 9 N–H and O–H groups in total. The molecule has 0 radical (unpaired) electrons. The minimum absolute atomic E-state index is 0.00953. The lowest BCUT2D eigenvalue weighted by Crippen LogP contribution is -2.39. The summed E-state index contributed by atoms with van der Waals surface area (Å²) in [6.45, 7) is 2.08. The largest absolute Gasteiger partial charge is 0.481 e. The number of nitrogens with one attached hydrogen (secondary N) is 8. The molecule has 106 heavy (non-hydrogen) atoms. The fraction of sp³-hybridized carbons (Fsp3) is 0.551. The van der Waals surface area contributed by atoms with Crippen molar-refractivity contribution in [2.45, 2.75) is 225 Å². The number of aromatic nitrogens is 4. The number of ketones is 6. The van der Waals surface area contributed by atoms with Crippen LogP contribution in [0.2, 0.25) is 0 Å². The monoisotopic (exact) mass is 1470 g/mol. The van der Waals surface area contributed by atoms with Crippen molar-refractivity contribution in [3.8, 4) is 22.8 Å². The Morgan fingerprint density at radius 2 is 0.698 bits per heavy atom. The van der Waals surface area contributed by atoms with Crippen LogP contribution in [0.15, 0.2) is 85.5 Å². The molecule has 4 aromatic heterocycles. The van der Waals surface area contributed by atoms with Crippen LogP contribution in [0.1, 0.15) is 217 Å². The number of Topliss-reactive ketones (excluding diaryl/α,β-unsaturated/α-hetero) is 6. The van der Waals surface area contributed by atoms with Crippen LogP contribution in [0.25, 0.3) is 22.8 Å². The molecule has 0 saturated heterocycles. The van der Waals surface area contributed by atoms with Crippen molar-refractivity contribution in [2.24, 2.45) is 5.92 Å².